The van der Waals surface area contributed by atoms with Crippen molar-refractivity contribution < 1.29 is 18.7 Å². The Labute approximate surface area is 177 Å². The van der Waals surface area contributed by atoms with Crippen LogP contribution in [0, 0.1) is 5.82 Å². The molecule has 0 aliphatic heterocycles. The minimum Gasteiger partial charge on any atom is -0.466 e. The second-order valence-electron chi connectivity index (χ2n) is 5.44. The van der Waals surface area contributed by atoms with Crippen molar-refractivity contribution in [2.75, 3.05) is 23.0 Å². The molecule has 0 aliphatic rings. The molecule has 0 aliphatic carbocycles. The number of esters is 1. The van der Waals surface area contributed by atoms with Crippen molar-refractivity contribution in [1.82, 2.24) is 15.2 Å². The Morgan fingerprint density at radius 3 is 2.86 bits per heavy atom. The zero-order valence-corrected chi connectivity index (χ0v) is 17.6. The van der Waals surface area contributed by atoms with Gasteiger partial charge in [-0.05, 0) is 19.1 Å². The third kappa shape index (κ3) is 6.48. The lowest BCUT2D eigenvalue weighted by Gasteiger charge is -2.02. The van der Waals surface area contributed by atoms with Crippen molar-refractivity contribution in [2.45, 2.75) is 17.7 Å². The van der Waals surface area contributed by atoms with Gasteiger partial charge in [-0.25, -0.2) is 9.37 Å². The molecule has 0 spiro atoms. The van der Waals surface area contributed by atoms with E-state index in [-0.39, 0.29) is 29.9 Å². The lowest BCUT2D eigenvalue weighted by molar-refractivity contribution is -0.142. The molecule has 0 fully saturated rings. The number of anilines is 3. The molecule has 0 atom stereocenters. The SMILES string of the molecule is CCOC(=O)Cc1csc(NC(=O)CSc2nnc(Nc3ccccc3F)s2)n1. The van der Waals surface area contributed by atoms with Crippen LogP contribution in [0.25, 0.3) is 0 Å². The molecule has 2 heterocycles. The number of carbonyl (C=O) groups excluding carboxylic acids is 2. The number of para-hydroxylation sites is 1. The van der Waals surface area contributed by atoms with Gasteiger partial charge in [0.05, 0.1) is 30.2 Å². The van der Waals surface area contributed by atoms with Gasteiger partial charge in [-0.3, -0.25) is 9.59 Å². The number of nitrogens with one attached hydrogen (secondary N) is 2. The van der Waals surface area contributed by atoms with Crippen LogP contribution in [0.1, 0.15) is 12.6 Å². The van der Waals surface area contributed by atoms with Crippen molar-refractivity contribution in [3.8, 4) is 0 Å². The lowest BCUT2D eigenvalue weighted by Crippen LogP contribution is -2.14. The highest BCUT2D eigenvalue weighted by atomic mass is 32.2. The van der Waals surface area contributed by atoms with Crippen molar-refractivity contribution in [3.05, 3.63) is 41.2 Å². The number of rotatable bonds is 9. The van der Waals surface area contributed by atoms with Crippen LogP contribution in [-0.4, -0.2) is 39.4 Å². The molecule has 3 rings (SSSR count). The third-order valence-corrected chi connectivity index (χ3v) is 6.06. The normalized spacial score (nSPS) is 10.6. The number of amides is 1. The van der Waals surface area contributed by atoms with Crippen LogP contribution in [0.5, 0.6) is 0 Å². The van der Waals surface area contributed by atoms with Gasteiger partial charge < -0.3 is 15.4 Å². The smallest absolute Gasteiger partial charge is 0.311 e. The maximum absolute atomic E-state index is 13.7. The van der Waals surface area contributed by atoms with E-state index in [1.165, 1.54) is 40.5 Å². The van der Waals surface area contributed by atoms with E-state index < -0.39 is 0 Å². The second kappa shape index (κ2) is 10.3. The molecule has 2 N–H and O–H groups in total. The summed E-state index contributed by atoms with van der Waals surface area (Å²) < 4.78 is 19.1. The molecule has 0 saturated heterocycles. The first-order valence-electron chi connectivity index (χ1n) is 8.41. The largest absolute Gasteiger partial charge is 0.466 e. The Morgan fingerprint density at radius 1 is 1.24 bits per heavy atom. The van der Waals surface area contributed by atoms with Gasteiger partial charge in [0.15, 0.2) is 9.47 Å². The summed E-state index contributed by atoms with van der Waals surface area (Å²) in [7, 11) is 0. The first-order valence-corrected chi connectivity index (χ1v) is 11.1. The van der Waals surface area contributed by atoms with Gasteiger partial charge >= 0.3 is 5.97 Å². The number of halogens is 1. The van der Waals surface area contributed by atoms with Gasteiger partial charge in [-0.15, -0.1) is 21.5 Å². The van der Waals surface area contributed by atoms with Crippen molar-refractivity contribution in [1.29, 1.82) is 0 Å². The summed E-state index contributed by atoms with van der Waals surface area (Å²) >= 11 is 3.66. The molecule has 8 nitrogen and oxygen atoms in total. The van der Waals surface area contributed by atoms with Gasteiger partial charge in [0.1, 0.15) is 5.82 Å². The maximum atomic E-state index is 13.7. The first-order chi connectivity index (χ1) is 14.0. The van der Waals surface area contributed by atoms with E-state index in [1.54, 1.807) is 30.5 Å². The van der Waals surface area contributed by atoms with Crippen LogP contribution in [-0.2, 0) is 20.7 Å². The van der Waals surface area contributed by atoms with Gasteiger partial charge in [0, 0.05) is 5.38 Å². The number of thioether (sulfide) groups is 1. The fraction of sp³-hybridized carbons (Fsp3) is 0.235. The Kier molecular flexibility index (Phi) is 7.49. The summed E-state index contributed by atoms with van der Waals surface area (Å²) in [6, 6.07) is 6.26. The third-order valence-electron chi connectivity index (χ3n) is 3.28. The predicted molar refractivity (Wildman–Crippen MR) is 111 cm³/mol. The van der Waals surface area contributed by atoms with E-state index in [1.807, 2.05) is 0 Å². The first kappa shape index (κ1) is 21.1. The molecule has 1 amide bonds. The second-order valence-corrected chi connectivity index (χ2v) is 8.50. The number of hydrogen-bond donors (Lipinski definition) is 2. The molecule has 0 bridgehead atoms. The van der Waals surface area contributed by atoms with Gasteiger partial charge in [-0.1, -0.05) is 35.2 Å². The van der Waals surface area contributed by atoms with Crippen molar-refractivity contribution in [2.24, 2.45) is 0 Å². The Morgan fingerprint density at radius 2 is 2.07 bits per heavy atom. The highest BCUT2D eigenvalue weighted by Gasteiger charge is 2.13. The van der Waals surface area contributed by atoms with E-state index in [9.17, 15) is 14.0 Å². The summed E-state index contributed by atoms with van der Waals surface area (Å²) in [6.45, 7) is 2.05. The molecule has 3 aromatic rings. The Balaban J connectivity index is 1.46. The number of hydrogen-bond acceptors (Lipinski definition) is 10. The van der Waals surface area contributed by atoms with E-state index >= 15 is 0 Å². The monoisotopic (exact) mass is 453 g/mol. The molecule has 2 aromatic heterocycles. The summed E-state index contributed by atoms with van der Waals surface area (Å²) in [5.74, 6) is -0.892. The standard InChI is InChI=1S/C17H16FN5O3S3/c1-2-26-14(25)7-10-8-27-15(19-10)21-13(24)9-28-17-23-22-16(29-17)20-12-6-4-3-5-11(12)18/h3-6,8H,2,7,9H2,1H3,(H,20,22)(H,19,21,24). The van der Waals surface area contributed by atoms with Gasteiger partial charge in [-0.2, -0.15) is 0 Å². The molecule has 0 saturated carbocycles. The number of carbonyl (C=O) groups is 2. The Hall–Kier alpha value is -2.57. The summed E-state index contributed by atoms with van der Waals surface area (Å²) in [5.41, 5.74) is 0.852. The lowest BCUT2D eigenvalue weighted by atomic mass is 10.3. The van der Waals surface area contributed by atoms with Crippen LogP contribution >= 0.6 is 34.4 Å². The maximum Gasteiger partial charge on any atom is 0.311 e. The minimum atomic E-state index is -0.387. The molecule has 12 heteroatoms. The zero-order chi connectivity index (χ0) is 20.6. The van der Waals surface area contributed by atoms with E-state index in [4.69, 9.17) is 4.74 Å². The number of benzene rings is 1. The van der Waals surface area contributed by atoms with E-state index in [2.05, 4.69) is 25.8 Å². The van der Waals surface area contributed by atoms with Crippen LogP contribution in [0.3, 0.4) is 0 Å². The Bertz CT molecular complexity index is 994. The molecule has 0 unspecified atom stereocenters. The molecular formula is C17H16FN5O3S3. The summed E-state index contributed by atoms with van der Waals surface area (Å²) in [5, 5.41) is 16.0. The average Bonchev–Trinajstić information content (AvgIpc) is 3.31. The predicted octanol–water partition coefficient (Wildman–Crippen LogP) is 3.71. The van der Waals surface area contributed by atoms with Gasteiger partial charge in [0.2, 0.25) is 11.0 Å². The number of nitrogens with zero attached hydrogens (tertiary/aromatic N) is 3. The number of ether oxygens (including phenoxy) is 1. The fourth-order valence-corrected chi connectivity index (χ4v) is 4.38. The topological polar surface area (TPSA) is 106 Å². The molecule has 1 aromatic carbocycles. The summed E-state index contributed by atoms with van der Waals surface area (Å²) in [6.07, 6.45) is 0.0670. The molecular weight excluding hydrogens is 437 g/mol. The van der Waals surface area contributed by atoms with Crippen LogP contribution in [0.2, 0.25) is 0 Å². The van der Waals surface area contributed by atoms with Crippen molar-refractivity contribution in [3.63, 3.8) is 0 Å². The highest BCUT2D eigenvalue weighted by molar-refractivity contribution is 8.01. The number of thiazole rings is 1. The molecule has 29 heavy (non-hydrogen) atoms. The average molecular weight is 454 g/mol. The van der Waals surface area contributed by atoms with Crippen LogP contribution < -0.4 is 10.6 Å². The highest BCUT2D eigenvalue weighted by Crippen LogP contribution is 2.28. The molecule has 152 valence electrons. The van der Waals surface area contributed by atoms with Gasteiger partial charge in [0.25, 0.3) is 0 Å². The van der Waals surface area contributed by atoms with E-state index in [0.717, 1.165) is 0 Å². The molecule has 0 radical (unpaired) electrons. The van der Waals surface area contributed by atoms with Crippen LogP contribution in [0.15, 0.2) is 34.0 Å². The minimum absolute atomic E-state index is 0.0670. The zero-order valence-electron chi connectivity index (χ0n) is 15.2. The quantitative estimate of drug-likeness (QED) is 0.373. The van der Waals surface area contributed by atoms with Crippen molar-refractivity contribution >= 4 is 62.3 Å². The summed E-state index contributed by atoms with van der Waals surface area (Å²) in [4.78, 5) is 27.7. The fourth-order valence-electron chi connectivity index (χ4n) is 2.08. The van der Waals surface area contributed by atoms with E-state index in [0.29, 0.717) is 32.6 Å². The van der Waals surface area contributed by atoms with Crippen LogP contribution in [0.4, 0.5) is 20.3 Å². The number of aromatic nitrogens is 3.